The van der Waals surface area contributed by atoms with Crippen LogP contribution in [0.5, 0.6) is 0 Å². The second kappa shape index (κ2) is 5.92. The Morgan fingerprint density at radius 1 is 1.33 bits per heavy atom. The third kappa shape index (κ3) is 2.97. The van der Waals surface area contributed by atoms with Crippen LogP contribution < -0.4 is 0 Å². The van der Waals surface area contributed by atoms with Crippen molar-refractivity contribution in [1.82, 2.24) is 4.57 Å². The summed E-state index contributed by atoms with van der Waals surface area (Å²) in [6.45, 7) is 2.85. The number of fused-ring (bicyclic) bond motifs is 1. The number of carbonyl (C=O) groups is 1. The summed E-state index contributed by atoms with van der Waals surface area (Å²) in [6, 6.07) is 8.38. The first kappa shape index (κ1) is 14.2. The van der Waals surface area contributed by atoms with E-state index in [0.29, 0.717) is 6.42 Å². The Kier molecular flexibility index (Phi) is 4.00. The van der Waals surface area contributed by atoms with Crippen LogP contribution >= 0.6 is 0 Å². The molecule has 1 aromatic heterocycles. The van der Waals surface area contributed by atoms with E-state index in [2.05, 4.69) is 29.0 Å². The highest BCUT2D eigenvalue weighted by atomic mass is 16.4. The van der Waals surface area contributed by atoms with Crippen LogP contribution in [0.25, 0.3) is 10.9 Å². The zero-order valence-electron chi connectivity index (χ0n) is 12.6. The smallest absolute Gasteiger partial charge is 0.306 e. The van der Waals surface area contributed by atoms with Gasteiger partial charge in [0.2, 0.25) is 0 Å². The highest BCUT2D eigenvalue weighted by Crippen LogP contribution is 2.29. The molecule has 21 heavy (non-hydrogen) atoms. The molecule has 1 atom stereocenters. The SMILES string of the molecule is CC(Cc1cccc2ccn(CC3CCCC3)c12)C(=O)O. The van der Waals surface area contributed by atoms with Gasteiger partial charge in [-0.3, -0.25) is 4.79 Å². The fraction of sp³-hybridized carbons (Fsp3) is 0.500. The topological polar surface area (TPSA) is 42.2 Å². The lowest BCUT2D eigenvalue weighted by molar-refractivity contribution is -0.141. The standard InChI is InChI=1S/C18H23NO2/c1-13(18(20)21)11-16-8-4-7-15-9-10-19(17(15)16)12-14-5-2-3-6-14/h4,7-10,13-14H,2-3,5-6,11-12H2,1H3,(H,20,21). The van der Waals surface area contributed by atoms with Gasteiger partial charge in [-0.15, -0.1) is 0 Å². The van der Waals surface area contributed by atoms with Crippen molar-refractivity contribution in [2.45, 2.75) is 45.6 Å². The van der Waals surface area contributed by atoms with Crippen LogP contribution in [0.15, 0.2) is 30.5 Å². The molecule has 3 rings (SSSR count). The fourth-order valence-electron chi connectivity index (χ4n) is 3.55. The van der Waals surface area contributed by atoms with E-state index in [1.807, 2.05) is 6.07 Å². The average Bonchev–Trinajstić information content (AvgIpc) is 3.10. The van der Waals surface area contributed by atoms with Crippen LogP contribution in [0.1, 0.15) is 38.2 Å². The Hall–Kier alpha value is -1.77. The second-order valence-electron chi connectivity index (χ2n) is 6.42. The molecule has 1 aliphatic rings. The molecule has 1 unspecified atom stereocenters. The van der Waals surface area contributed by atoms with Crippen molar-refractivity contribution >= 4 is 16.9 Å². The lowest BCUT2D eigenvalue weighted by Crippen LogP contribution is -2.13. The zero-order valence-corrected chi connectivity index (χ0v) is 12.6. The molecule has 1 aromatic carbocycles. The number of carboxylic acids is 1. The molecular weight excluding hydrogens is 262 g/mol. The molecule has 0 aliphatic heterocycles. The van der Waals surface area contributed by atoms with Crippen molar-refractivity contribution in [3.05, 3.63) is 36.0 Å². The maximum absolute atomic E-state index is 11.1. The number of rotatable bonds is 5. The first-order valence-electron chi connectivity index (χ1n) is 7.94. The third-order valence-electron chi connectivity index (χ3n) is 4.75. The lowest BCUT2D eigenvalue weighted by Gasteiger charge is -2.15. The molecule has 1 aliphatic carbocycles. The van der Waals surface area contributed by atoms with Crippen LogP contribution in [0.3, 0.4) is 0 Å². The molecule has 2 aromatic rings. The molecule has 0 saturated heterocycles. The molecule has 0 amide bonds. The van der Waals surface area contributed by atoms with E-state index >= 15 is 0 Å². The molecule has 1 fully saturated rings. The van der Waals surface area contributed by atoms with E-state index in [9.17, 15) is 4.79 Å². The van der Waals surface area contributed by atoms with Crippen LogP contribution in [0.2, 0.25) is 0 Å². The molecule has 0 spiro atoms. The van der Waals surface area contributed by atoms with Gasteiger partial charge in [0.1, 0.15) is 0 Å². The number of para-hydroxylation sites is 1. The van der Waals surface area contributed by atoms with Crippen LogP contribution in [-0.4, -0.2) is 15.6 Å². The van der Waals surface area contributed by atoms with Crippen molar-refractivity contribution in [3.8, 4) is 0 Å². The largest absolute Gasteiger partial charge is 0.481 e. The molecule has 0 bridgehead atoms. The van der Waals surface area contributed by atoms with E-state index in [-0.39, 0.29) is 5.92 Å². The van der Waals surface area contributed by atoms with Gasteiger partial charge in [-0.05, 0) is 42.2 Å². The van der Waals surface area contributed by atoms with Gasteiger partial charge in [0, 0.05) is 12.7 Å². The monoisotopic (exact) mass is 285 g/mol. The molecule has 0 radical (unpaired) electrons. The Bertz CT molecular complexity index is 638. The summed E-state index contributed by atoms with van der Waals surface area (Å²) in [4.78, 5) is 11.1. The third-order valence-corrected chi connectivity index (χ3v) is 4.75. The van der Waals surface area contributed by atoms with Gasteiger partial charge in [0.05, 0.1) is 11.4 Å². The number of aromatic nitrogens is 1. The molecule has 3 nitrogen and oxygen atoms in total. The summed E-state index contributed by atoms with van der Waals surface area (Å²) in [6.07, 6.45) is 8.12. The lowest BCUT2D eigenvalue weighted by atomic mass is 9.99. The molecular formula is C18H23NO2. The van der Waals surface area contributed by atoms with Crippen LogP contribution in [0, 0.1) is 11.8 Å². The number of carboxylic acid groups (broad SMARTS) is 1. The minimum absolute atomic E-state index is 0.342. The predicted octanol–water partition coefficient (Wildman–Crippen LogP) is 4.09. The quantitative estimate of drug-likeness (QED) is 0.899. The number of aliphatic carboxylic acids is 1. The van der Waals surface area contributed by atoms with Crippen molar-refractivity contribution in [3.63, 3.8) is 0 Å². The summed E-state index contributed by atoms with van der Waals surface area (Å²) in [7, 11) is 0. The number of hydrogen-bond donors (Lipinski definition) is 1. The van der Waals surface area contributed by atoms with Gasteiger partial charge in [-0.1, -0.05) is 38.0 Å². The number of benzene rings is 1. The van der Waals surface area contributed by atoms with E-state index < -0.39 is 5.97 Å². The Labute approximate surface area is 125 Å². The highest BCUT2D eigenvalue weighted by molar-refractivity contribution is 5.84. The van der Waals surface area contributed by atoms with Crippen molar-refractivity contribution in [2.24, 2.45) is 11.8 Å². The first-order valence-corrected chi connectivity index (χ1v) is 7.94. The Balaban J connectivity index is 1.92. The van der Waals surface area contributed by atoms with Crippen molar-refractivity contribution in [2.75, 3.05) is 0 Å². The summed E-state index contributed by atoms with van der Waals surface area (Å²) in [5.41, 5.74) is 2.39. The van der Waals surface area contributed by atoms with Gasteiger partial charge in [-0.2, -0.15) is 0 Å². The summed E-state index contributed by atoms with van der Waals surface area (Å²) in [5.74, 6) is -0.281. The minimum atomic E-state index is -0.721. The average molecular weight is 285 g/mol. The molecule has 1 saturated carbocycles. The van der Waals surface area contributed by atoms with Crippen LogP contribution in [0.4, 0.5) is 0 Å². The maximum atomic E-state index is 11.1. The number of nitrogens with zero attached hydrogens (tertiary/aromatic N) is 1. The summed E-state index contributed by atoms with van der Waals surface area (Å²) in [5, 5.41) is 10.4. The van der Waals surface area contributed by atoms with E-state index in [1.54, 1.807) is 6.92 Å². The van der Waals surface area contributed by atoms with Crippen molar-refractivity contribution in [1.29, 1.82) is 0 Å². The summed E-state index contributed by atoms with van der Waals surface area (Å²) < 4.78 is 2.34. The van der Waals surface area contributed by atoms with Crippen molar-refractivity contribution < 1.29 is 9.90 Å². The Morgan fingerprint density at radius 2 is 2.10 bits per heavy atom. The zero-order chi connectivity index (χ0) is 14.8. The van der Waals surface area contributed by atoms with Gasteiger partial charge >= 0.3 is 5.97 Å². The minimum Gasteiger partial charge on any atom is -0.481 e. The van der Waals surface area contributed by atoms with Gasteiger partial charge < -0.3 is 9.67 Å². The van der Waals surface area contributed by atoms with Gasteiger partial charge in [0.25, 0.3) is 0 Å². The van der Waals surface area contributed by atoms with E-state index in [1.165, 1.54) is 36.6 Å². The molecule has 112 valence electrons. The molecule has 1 heterocycles. The fourth-order valence-corrected chi connectivity index (χ4v) is 3.55. The van der Waals surface area contributed by atoms with Gasteiger partial charge in [0.15, 0.2) is 0 Å². The Morgan fingerprint density at radius 3 is 2.81 bits per heavy atom. The predicted molar refractivity (Wildman–Crippen MR) is 84.4 cm³/mol. The number of hydrogen-bond acceptors (Lipinski definition) is 1. The summed E-state index contributed by atoms with van der Waals surface area (Å²) >= 11 is 0. The molecule has 3 heteroatoms. The normalized spacial score (nSPS) is 17.4. The van der Waals surface area contributed by atoms with E-state index in [0.717, 1.165) is 18.0 Å². The first-order chi connectivity index (χ1) is 10.1. The van der Waals surface area contributed by atoms with Crippen LogP contribution in [-0.2, 0) is 17.8 Å². The maximum Gasteiger partial charge on any atom is 0.306 e. The van der Waals surface area contributed by atoms with E-state index in [4.69, 9.17) is 5.11 Å². The van der Waals surface area contributed by atoms with Gasteiger partial charge in [-0.25, -0.2) is 0 Å². The molecule has 1 N–H and O–H groups in total. The highest BCUT2D eigenvalue weighted by Gasteiger charge is 2.18. The second-order valence-corrected chi connectivity index (χ2v) is 6.42.